The predicted molar refractivity (Wildman–Crippen MR) is 111 cm³/mol. The van der Waals surface area contributed by atoms with Gasteiger partial charge in [-0.2, -0.15) is 0 Å². The highest BCUT2D eigenvalue weighted by Crippen LogP contribution is 2.32. The first-order valence-corrected chi connectivity index (χ1v) is 9.84. The van der Waals surface area contributed by atoms with Gasteiger partial charge in [0.2, 0.25) is 11.8 Å². The van der Waals surface area contributed by atoms with Crippen LogP contribution in [-0.2, 0) is 14.3 Å². The Balaban J connectivity index is 1.80. The number of carbonyl (C=O) groups is 2. The molecule has 0 aromatic heterocycles. The fourth-order valence-corrected chi connectivity index (χ4v) is 3.77. The Morgan fingerprint density at radius 1 is 1.21 bits per heavy atom. The van der Waals surface area contributed by atoms with Gasteiger partial charge < -0.3 is 15.0 Å². The SMILES string of the molecule is COCC(=O)N1CC(C(=O)Nc2ccc(Cl)cc2)CC(c2ccc(F)c(C)c2)C1. The van der Waals surface area contributed by atoms with E-state index in [9.17, 15) is 14.0 Å². The molecule has 1 N–H and O–H groups in total. The number of anilines is 1. The fraction of sp³-hybridized carbons (Fsp3) is 0.364. The molecule has 7 heteroatoms. The van der Waals surface area contributed by atoms with Crippen LogP contribution in [0.4, 0.5) is 10.1 Å². The number of nitrogens with zero attached hydrogens (tertiary/aromatic N) is 1. The van der Waals surface area contributed by atoms with Crippen LogP contribution in [0.15, 0.2) is 42.5 Å². The van der Waals surface area contributed by atoms with Crippen molar-refractivity contribution in [2.24, 2.45) is 5.92 Å². The van der Waals surface area contributed by atoms with Crippen LogP contribution in [0, 0.1) is 18.7 Å². The molecule has 0 aliphatic carbocycles. The maximum absolute atomic E-state index is 13.7. The molecule has 0 saturated carbocycles. The summed E-state index contributed by atoms with van der Waals surface area (Å²) in [7, 11) is 1.47. The Morgan fingerprint density at radius 2 is 1.93 bits per heavy atom. The number of carbonyl (C=O) groups excluding carboxylic acids is 2. The third kappa shape index (κ3) is 5.34. The van der Waals surface area contributed by atoms with E-state index in [1.165, 1.54) is 13.2 Å². The van der Waals surface area contributed by atoms with Gasteiger partial charge in [-0.3, -0.25) is 9.59 Å². The second-order valence-corrected chi connectivity index (χ2v) is 7.80. The summed E-state index contributed by atoms with van der Waals surface area (Å²) in [5.74, 6) is -1.05. The average Bonchev–Trinajstić information content (AvgIpc) is 2.71. The molecule has 0 spiro atoms. The number of nitrogens with one attached hydrogen (secondary N) is 1. The molecule has 5 nitrogen and oxygen atoms in total. The number of likely N-dealkylation sites (tertiary alicyclic amines) is 1. The van der Waals surface area contributed by atoms with E-state index >= 15 is 0 Å². The van der Waals surface area contributed by atoms with Crippen LogP contribution in [0.25, 0.3) is 0 Å². The Kier molecular flexibility index (Phi) is 6.87. The monoisotopic (exact) mass is 418 g/mol. The lowest BCUT2D eigenvalue weighted by atomic mass is 9.83. The molecule has 1 aliphatic heterocycles. The number of hydrogen-bond donors (Lipinski definition) is 1. The number of methoxy groups -OCH3 is 1. The number of amides is 2. The Bertz CT molecular complexity index is 888. The largest absolute Gasteiger partial charge is 0.375 e. The zero-order chi connectivity index (χ0) is 21.0. The van der Waals surface area contributed by atoms with Gasteiger partial charge >= 0.3 is 0 Å². The fourth-order valence-electron chi connectivity index (χ4n) is 3.65. The number of benzene rings is 2. The van der Waals surface area contributed by atoms with E-state index in [4.69, 9.17) is 16.3 Å². The zero-order valence-electron chi connectivity index (χ0n) is 16.5. The van der Waals surface area contributed by atoms with Crippen molar-refractivity contribution in [1.29, 1.82) is 0 Å². The van der Waals surface area contributed by atoms with Crippen molar-refractivity contribution >= 4 is 29.1 Å². The van der Waals surface area contributed by atoms with Gasteiger partial charge in [-0.05, 0) is 54.8 Å². The molecule has 2 aromatic rings. The number of halogens is 2. The molecule has 0 radical (unpaired) electrons. The number of ether oxygens (including phenoxy) is 1. The Morgan fingerprint density at radius 3 is 2.59 bits per heavy atom. The van der Waals surface area contributed by atoms with E-state index < -0.39 is 5.92 Å². The molecule has 2 unspecified atom stereocenters. The molecular weight excluding hydrogens is 395 g/mol. The number of hydrogen-bond acceptors (Lipinski definition) is 3. The maximum atomic E-state index is 13.7. The molecule has 2 atom stereocenters. The Labute approximate surface area is 174 Å². The van der Waals surface area contributed by atoms with Gasteiger partial charge in [0.1, 0.15) is 12.4 Å². The van der Waals surface area contributed by atoms with Crippen molar-refractivity contribution in [3.63, 3.8) is 0 Å². The van der Waals surface area contributed by atoms with Crippen molar-refractivity contribution in [3.8, 4) is 0 Å². The van der Waals surface area contributed by atoms with Crippen LogP contribution in [0.2, 0.25) is 5.02 Å². The minimum absolute atomic E-state index is 0.0410. The Hall–Kier alpha value is -2.44. The molecule has 1 fully saturated rings. The summed E-state index contributed by atoms with van der Waals surface area (Å²) in [5.41, 5.74) is 2.11. The first-order chi connectivity index (χ1) is 13.9. The smallest absolute Gasteiger partial charge is 0.248 e. The van der Waals surface area contributed by atoms with Crippen LogP contribution < -0.4 is 5.32 Å². The quantitative estimate of drug-likeness (QED) is 0.798. The van der Waals surface area contributed by atoms with Crippen LogP contribution in [0.3, 0.4) is 0 Å². The van der Waals surface area contributed by atoms with Gasteiger partial charge in [0.05, 0.1) is 5.92 Å². The van der Waals surface area contributed by atoms with Crippen LogP contribution in [0.5, 0.6) is 0 Å². The van der Waals surface area contributed by atoms with E-state index in [1.54, 1.807) is 48.2 Å². The van der Waals surface area contributed by atoms with Crippen LogP contribution in [-0.4, -0.2) is 43.5 Å². The van der Waals surface area contributed by atoms with Gasteiger partial charge in [0.25, 0.3) is 0 Å². The van der Waals surface area contributed by atoms with Gasteiger partial charge in [-0.1, -0.05) is 23.7 Å². The van der Waals surface area contributed by atoms with E-state index in [0.29, 0.717) is 35.8 Å². The lowest BCUT2D eigenvalue weighted by Crippen LogP contribution is -2.47. The van der Waals surface area contributed by atoms with Gasteiger partial charge in [-0.15, -0.1) is 0 Å². The standard InChI is InChI=1S/C22H24ClFN2O3/c1-14-9-15(3-8-20(14)24)16-10-17(12-26(11-16)21(27)13-29-2)22(28)25-19-6-4-18(23)5-7-19/h3-9,16-17H,10-13H2,1-2H3,(H,25,28). The third-order valence-corrected chi connectivity index (χ3v) is 5.46. The molecule has 1 saturated heterocycles. The van der Waals surface area contributed by atoms with E-state index in [2.05, 4.69) is 5.32 Å². The summed E-state index contributed by atoms with van der Waals surface area (Å²) >= 11 is 5.90. The summed E-state index contributed by atoms with van der Waals surface area (Å²) in [6.07, 6.45) is 0.571. The summed E-state index contributed by atoms with van der Waals surface area (Å²) < 4.78 is 18.7. The molecule has 2 aromatic carbocycles. The topological polar surface area (TPSA) is 58.6 Å². The molecule has 154 valence electrons. The molecule has 0 bridgehead atoms. The van der Waals surface area contributed by atoms with E-state index in [0.717, 1.165) is 5.56 Å². The maximum Gasteiger partial charge on any atom is 0.248 e. The molecule has 3 rings (SSSR count). The summed E-state index contributed by atoms with van der Waals surface area (Å²) in [5, 5.41) is 3.48. The molecule has 1 aliphatic rings. The zero-order valence-corrected chi connectivity index (χ0v) is 17.2. The van der Waals surface area contributed by atoms with Crippen molar-refractivity contribution in [2.45, 2.75) is 19.3 Å². The normalized spacial score (nSPS) is 19.1. The van der Waals surface area contributed by atoms with Gasteiger partial charge in [0.15, 0.2) is 0 Å². The highest BCUT2D eigenvalue weighted by Gasteiger charge is 2.34. The van der Waals surface area contributed by atoms with E-state index in [-0.39, 0.29) is 30.2 Å². The molecule has 1 heterocycles. The number of rotatable bonds is 5. The number of piperidine rings is 1. The van der Waals surface area contributed by atoms with Crippen molar-refractivity contribution in [2.75, 3.05) is 32.1 Å². The second kappa shape index (κ2) is 9.37. The summed E-state index contributed by atoms with van der Waals surface area (Å²) in [4.78, 5) is 27.0. The first kappa shape index (κ1) is 21.3. The van der Waals surface area contributed by atoms with Gasteiger partial charge in [0, 0.05) is 36.8 Å². The van der Waals surface area contributed by atoms with Crippen molar-refractivity contribution < 1.29 is 18.7 Å². The highest BCUT2D eigenvalue weighted by atomic mass is 35.5. The van der Waals surface area contributed by atoms with Crippen LogP contribution >= 0.6 is 11.6 Å². The molecule has 29 heavy (non-hydrogen) atoms. The second-order valence-electron chi connectivity index (χ2n) is 7.37. The minimum Gasteiger partial charge on any atom is -0.375 e. The first-order valence-electron chi connectivity index (χ1n) is 9.46. The molecule has 2 amide bonds. The van der Waals surface area contributed by atoms with Gasteiger partial charge in [-0.25, -0.2) is 4.39 Å². The summed E-state index contributed by atoms with van der Waals surface area (Å²) in [6, 6.07) is 11.8. The van der Waals surface area contributed by atoms with E-state index in [1.807, 2.05) is 0 Å². The predicted octanol–water partition coefficient (Wildman–Crippen LogP) is 4.00. The number of aryl methyl sites for hydroxylation is 1. The lowest BCUT2D eigenvalue weighted by Gasteiger charge is -2.37. The summed E-state index contributed by atoms with van der Waals surface area (Å²) in [6.45, 7) is 2.46. The van der Waals surface area contributed by atoms with Crippen molar-refractivity contribution in [3.05, 3.63) is 64.4 Å². The van der Waals surface area contributed by atoms with Crippen molar-refractivity contribution in [1.82, 2.24) is 4.90 Å². The average molecular weight is 419 g/mol. The lowest BCUT2D eigenvalue weighted by molar-refractivity contribution is -0.138. The van der Waals surface area contributed by atoms with Crippen LogP contribution in [0.1, 0.15) is 23.5 Å². The molecular formula is C22H24ClFN2O3. The third-order valence-electron chi connectivity index (χ3n) is 5.21. The highest BCUT2D eigenvalue weighted by molar-refractivity contribution is 6.30. The minimum atomic E-state index is -0.393.